The van der Waals surface area contributed by atoms with Crippen molar-refractivity contribution < 1.29 is 9.53 Å². The largest absolute Gasteiger partial charge is 0.497 e. The van der Waals surface area contributed by atoms with Gasteiger partial charge in [-0.2, -0.15) is 0 Å². The quantitative estimate of drug-likeness (QED) is 0.919. The summed E-state index contributed by atoms with van der Waals surface area (Å²) in [6.07, 6.45) is 1.36. The molecule has 0 aromatic heterocycles. The van der Waals surface area contributed by atoms with Gasteiger partial charge in [-0.05, 0) is 29.7 Å². The normalized spacial score (nSPS) is 18.4. The summed E-state index contributed by atoms with van der Waals surface area (Å²) in [5, 5.41) is 0. The number of carbonyl (C=O) groups excluding carboxylic acids is 1. The topological polar surface area (TPSA) is 55.6 Å². The number of hydrogen-bond acceptors (Lipinski definition) is 3. The Labute approximate surface area is 143 Å². The highest BCUT2D eigenvalue weighted by molar-refractivity contribution is 5.77. The lowest BCUT2D eigenvalue weighted by molar-refractivity contribution is -0.130. The number of methoxy groups -OCH3 is 1. The minimum Gasteiger partial charge on any atom is -0.497 e. The molecule has 1 aliphatic rings. The van der Waals surface area contributed by atoms with Gasteiger partial charge >= 0.3 is 0 Å². The molecule has 1 fully saturated rings. The van der Waals surface area contributed by atoms with Crippen LogP contribution in [0.4, 0.5) is 0 Å². The fraction of sp³-hybridized carbons (Fsp3) is 0.350. The van der Waals surface area contributed by atoms with Gasteiger partial charge in [0.1, 0.15) is 5.75 Å². The number of benzene rings is 2. The summed E-state index contributed by atoms with van der Waals surface area (Å²) in [6, 6.07) is 17.7. The molecule has 2 aromatic carbocycles. The predicted octanol–water partition coefficient (Wildman–Crippen LogP) is 3.10. The molecule has 4 nitrogen and oxygen atoms in total. The van der Waals surface area contributed by atoms with E-state index in [-0.39, 0.29) is 11.9 Å². The van der Waals surface area contributed by atoms with Crippen LogP contribution in [0.25, 0.3) is 0 Å². The molecule has 3 rings (SSSR count). The van der Waals surface area contributed by atoms with E-state index in [4.69, 9.17) is 10.5 Å². The second-order valence-corrected chi connectivity index (χ2v) is 6.32. The van der Waals surface area contributed by atoms with Gasteiger partial charge in [-0.1, -0.05) is 42.5 Å². The number of nitrogens with two attached hydrogens (primary N) is 1. The van der Waals surface area contributed by atoms with E-state index >= 15 is 0 Å². The smallest absolute Gasteiger partial charge is 0.224 e. The fourth-order valence-corrected chi connectivity index (χ4v) is 3.27. The molecular weight excluding hydrogens is 300 g/mol. The molecule has 0 aliphatic carbocycles. The van der Waals surface area contributed by atoms with Gasteiger partial charge in [0.15, 0.2) is 0 Å². The zero-order chi connectivity index (χ0) is 16.9. The molecule has 0 saturated carbocycles. The molecule has 1 saturated heterocycles. The van der Waals surface area contributed by atoms with Crippen molar-refractivity contribution in [3.05, 3.63) is 65.7 Å². The van der Waals surface area contributed by atoms with Crippen LogP contribution >= 0.6 is 0 Å². The number of rotatable bonds is 5. The Morgan fingerprint density at radius 1 is 1.21 bits per heavy atom. The highest BCUT2D eigenvalue weighted by atomic mass is 16.5. The van der Waals surface area contributed by atoms with Crippen molar-refractivity contribution in [3.63, 3.8) is 0 Å². The van der Waals surface area contributed by atoms with Crippen LogP contribution in [-0.2, 0) is 4.79 Å². The first-order valence-corrected chi connectivity index (χ1v) is 8.39. The molecule has 2 N–H and O–H groups in total. The molecular formula is C20H24N2O2. The first-order valence-electron chi connectivity index (χ1n) is 8.39. The number of amides is 1. The van der Waals surface area contributed by atoms with Gasteiger partial charge in [0.2, 0.25) is 5.91 Å². The van der Waals surface area contributed by atoms with Crippen LogP contribution < -0.4 is 10.5 Å². The Balaban J connectivity index is 1.57. The summed E-state index contributed by atoms with van der Waals surface area (Å²) < 4.78 is 5.20. The maximum atomic E-state index is 12.5. The van der Waals surface area contributed by atoms with Gasteiger partial charge in [-0.3, -0.25) is 4.79 Å². The second-order valence-electron chi connectivity index (χ2n) is 6.32. The monoisotopic (exact) mass is 324 g/mol. The summed E-state index contributed by atoms with van der Waals surface area (Å²) in [7, 11) is 1.67. The second kappa shape index (κ2) is 7.49. The minimum atomic E-state index is -0.237. The number of carbonyl (C=O) groups is 1. The van der Waals surface area contributed by atoms with Crippen LogP contribution in [0.5, 0.6) is 5.75 Å². The van der Waals surface area contributed by atoms with E-state index in [0.29, 0.717) is 12.3 Å². The summed E-state index contributed by atoms with van der Waals surface area (Å²) in [5.74, 6) is 1.40. The Hall–Kier alpha value is -2.33. The third kappa shape index (κ3) is 3.77. The highest BCUT2D eigenvalue weighted by Crippen LogP contribution is 2.29. The van der Waals surface area contributed by atoms with Crippen molar-refractivity contribution in [2.75, 3.05) is 20.2 Å². The fourth-order valence-electron chi connectivity index (χ4n) is 3.27. The Kier molecular flexibility index (Phi) is 5.16. The number of ether oxygens (including phenoxy) is 1. The lowest BCUT2D eigenvalue weighted by Crippen LogP contribution is -2.31. The van der Waals surface area contributed by atoms with Crippen molar-refractivity contribution >= 4 is 5.91 Å². The van der Waals surface area contributed by atoms with Gasteiger partial charge in [-0.15, -0.1) is 0 Å². The predicted molar refractivity (Wildman–Crippen MR) is 94.9 cm³/mol. The van der Waals surface area contributed by atoms with Crippen molar-refractivity contribution in [1.29, 1.82) is 0 Å². The molecule has 0 radical (unpaired) electrons. The molecule has 2 atom stereocenters. The molecule has 1 heterocycles. The Bertz CT molecular complexity index is 670. The molecule has 0 spiro atoms. The third-order valence-electron chi connectivity index (χ3n) is 4.75. The first kappa shape index (κ1) is 16.5. The van der Waals surface area contributed by atoms with Crippen LogP contribution in [0.15, 0.2) is 54.6 Å². The Morgan fingerprint density at radius 3 is 2.58 bits per heavy atom. The third-order valence-corrected chi connectivity index (χ3v) is 4.75. The zero-order valence-corrected chi connectivity index (χ0v) is 14.0. The van der Waals surface area contributed by atoms with Gasteiger partial charge in [-0.25, -0.2) is 0 Å². The van der Waals surface area contributed by atoms with E-state index in [0.717, 1.165) is 30.8 Å². The van der Waals surface area contributed by atoms with Gasteiger partial charge in [0.25, 0.3) is 0 Å². The SMILES string of the molecule is COc1ccc([C@H]2CCN(C(=O)C[C@H](N)c3ccccc3)C2)cc1. The number of hydrogen-bond donors (Lipinski definition) is 1. The van der Waals surface area contributed by atoms with Gasteiger partial charge in [0.05, 0.1) is 7.11 Å². The van der Waals surface area contributed by atoms with Crippen LogP contribution in [0, 0.1) is 0 Å². The average Bonchev–Trinajstić information content (AvgIpc) is 3.13. The lowest BCUT2D eigenvalue weighted by atomic mass is 9.98. The van der Waals surface area contributed by atoms with E-state index in [1.165, 1.54) is 5.56 Å². The minimum absolute atomic E-state index is 0.141. The van der Waals surface area contributed by atoms with E-state index in [1.54, 1.807) is 7.11 Å². The molecule has 1 amide bonds. The maximum Gasteiger partial charge on any atom is 0.224 e. The highest BCUT2D eigenvalue weighted by Gasteiger charge is 2.28. The first-order chi connectivity index (χ1) is 11.7. The van der Waals surface area contributed by atoms with Gasteiger partial charge in [0, 0.05) is 31.5 Å². The van der Waals surface area contributed by atoms with Gasteiger partial charge < -0.3 is 15.4 Å². The molecule has 0 unspecified atom stereocenters. The number of likely N-dealkylation sites (tertiary alicyclic amines) is 1. The van der Waals surface area contributed by atoms with Crippen molar-refractivity contribution in [1.82, 2.24) is 4.90 Å². The van der Waals surface area contributed by atoms with Crippen LogP contribution in [0.3, 0.4) is 0 Å². The molecule has 24 heavy (non-hydrogen) atoms. The van der Waals surface area contributed by atoms with Crippen molar-refractivity contribution in [2.24, 2.45) is 5.73 Å². The standard InChI is InChI=1S/C20H24N2O2/c1-24-18-9-7-15(8-10-18)17-11-12-22(14-17)20(23)13-19(21)16-5-3-2-4-6-16/h2-10,17,19H,11-14,21H2,1H3/t17-,19-/m0/s1. The van der Waals surface area contributed by atoms with Crippen LogP contribution in [0.2, 0.25) is 0 Å². The molecule has 1 aliphatic heterocycles. The molecule has 126 valence electrons. The van der Waals surface area contributed by atoms with E-state index < -0.39 is 0 Å². The zero-order valence-electron chi connectivity index (χ0n) is 14.0. The van der Waals surface area contributed by atoms with Crippen LogP contribution in [-0.4, -0.2) is 31.0 Å². The van der Waals surface area contributed by atoms with Crippen molar-refractivity contribution in [2.45, 2.75) is 24.8 Å². The summed E-state index contributed by atoms with van der Waals surface area (Å²) >= 11 is 0. The van der Waals surface area contributed by atoms with E-state index in [9.17, 15) is 4.79 Å². The average molecular weight is 324 g/mol. The summed E-state index contributed by atoms with van der Waals surface area (Å²) in [4.78, 5) is 14.5. The Morgan fingerprint density at radius 2 is 1.92 bits per heavy atom. The number of nitrogens with zero attached hydrogens (tertiary/aromatic N) is 1. The van der Waals surface area contributed by atoms with Crippen molar-refractivity contribution in [3.8, 4) is 5.75 Å². The maximum absolute atomic E-state index is 12.5. The lowest BCUT2D eigenvalue weighted by Gasteiger charge is -2.19. The van der Waals surface area contributed by atoms with Crippen LogP contribution in [0.1, 0.15) is 35.9 Å². The molecule has 4 heteroatoms. The summed E-state index contributed by atoms with van der Waals surface area (Å²) in [6.45, 7) is 1.57. The van der Waals surface area contributed by atoms with E-state index in [1.807, 2.05) is 47.4 Å². The van der Waals surface area contributed by atoms with E-state index in [2.05, 4.69) is 12.1 Å². The summed E-state index contributed by atoms with van der Waals surface area (Å²) in [5.41, 5.74) is 8.45. The molecule has 0 bridgehead atoms. The molecule has 2 aromatic rings.